The first-order valence-electron chi connectivity index (χ1n) is 10.7. The lowest BCUT2D eigenvalue weighted by atomic mass is 9.97. The van der Waals surface area contributed by atoms with Crippen LogP contribution in [0.1, 0.15) is 27.2 Å². The molecule has 1 aliphatic rings. The molecule has 9 heteroatoms. The van der Waals surface area contributed by atoms with E-state index >= 15 is 0 Å². The lowest BCUT2D eigenvalue weighted by Gasteiger charge is -2.11. The second-order valence-electron chi connectivity index (χ2n) is 8.40. The summed E-state index contributed by atoms with van der Waals surface area (Å²) in [7, 11) is 3.99. The lowest BCUT2D eigenvalue weighted by molar-refractivity contribution is -0.110. The number of aromatic nitrogens is 1. The van der Waals surface area contributed by atoms with Gasteiger partial charge in [-0.25, -0.2) is 4.79 Å². The quantitative estimate of drug-likeness (QED) is 0.346. The third-order valence-electron chi connectivity index (χ3n) is 5.58. The SMILES string of the molecule is CN(C)CCc1ccc(-c2c[nH]c(C=C3C(=O)Nc4ccc(NC(N)=O)cc43)c2)c(C(N)=O)c1. The molecule has 0 radical (unpaired) electrons. The van der Waals surface area contributed by atoms with Crippen molar-refractivity contribution in [2.24, 2.45) is 11.5 Å². The number of nitrogens with one attached hydrogen (secondary N) is 3. The van der Waals surface area contributed by atoms with Gasteiger partial charge >= 0.3 is 6.03 Å². The van der Waals surface area contributed by atoms with Crippen molar-refractivity contribution in [3.8, 4) is 11.1 Å². The second kappa shape index (κ2) is 9.24. The van der Waals surface area contributed by atoms with E-state index in [9.17, 15) is 14.4 Å². The zero-order chi connectivity index (χ0) is 24.4. The third kappa shape index (κ3) is 4.84. The highest BCUT2D eigenvalue weighted by atomic mass is 16.2. The summed E-state index contributed by atoms with van der Waals surface area (Å²) >= 11 is 0. The van der Waals surface area contributed by atoms with E-state index in [4.69, 9.17) is 11.5 Å². The Hall–Kier alpha value is -4.37. The molecule has 0 bridgehead atoms. The van der Waals surface area contributed by atoms with E-state index in [2.05, 4.69) is 20.5 Å². The topological polar surface area (TPSA) is 146 Å². The Morgan fingerprint density at radius 1 is 1.06 bits per heavy atom. The van der Waals surface area contributed by atoms with Gasteiger partial charge in [-0.2, -0.15) is 0 Å². The molecule has 174 valence electrons. The van der Waals surface area contributed by atoms with Crippen LogP contribution in [0.3, 0.4) is 0 Å². The normalized spacial score (nSPS) is 13.7. The van der Waals surface area contributed by atoms with Crippen LogP contribution < -0.4 is 22.1 Å². The smallest absolute Gasteiger partial charge is 0.316 e. The van der Waals surface area contributed by atoms with Crippen LogP contribution in [0.2, 0.25) is 0 Å². The number of fused-ring (bicyclic) bond motifs is 1. The molecule has 0 spiro atoms. The molecular weight excluding hydrogens is 432 g/mol. The lowest BCUT2D eigenvalue weighted by Crippen LogP contribution is -2.19. The van der Waals surface area contributed by atoms with Crippen LogP contribution in [0, 0.1) is 0 Å². The summed E-state index contributed by atoms with van der Waals surface area (Å²) in [6.07, 6.45) is 4.29. The zero-order valence-corrected chi connectivity index (χ0v) is 18.9. The molecule has 7 N–H and O–H groups in total. The monoisotopic (exact) mass is 458 g/mol. The van der Waals surface area contributed by atoms with Gasteiger partial charge in [0, 0.05) is 46.5 Å². The fourth-order valence-electron chi connectivity index (χ4n) is 3.91. The first kappa shape index (κ1) is 22.8. The molecule has 1 aliphatic heterocycles. The summed E-state index contributed by atoms with van der Waals surface area (Å²) in [5.41, 5.74) is 16.7. The first-order chi connectivity index (χ1) is 16.2. The number of carbonyl (C=O) groups excluding carboxylic acids is 3. The number of nitrogens with zero attached hydrogens (tertiary/aromatic N) is 1. The predicted molar refractivity (Wildman–Crippen MR) is 133 cm³/mol. The Labute approximate surface area is 196 Å². The van der Waals surface area contributed by atoms with Gasteiger partial charge in [0.2, 0.25) is 5.91 Å². The van der Waals surface area contributed by atoms with E-state index in [0.717, 1.165) is 24.1 Å². The second-order valence-corrected chi connectivity index (χ2v) is 8.40. The molecule has 4 rings (SSSR count). The van der Waals surface area contributed by atoms with Crippen LogP contribution in [0.5, 0.6) is 0 Å². The van der Waals surface area contributed by atoms with Crippen molar-refractivity contribution < 1.29 is 14.4 Å². The number of primary amides is 2. The van der Waals surface area contributed by atoms with Gasteiger partial charge in [0.1, 0.15) is 0 Å². The molecular formula is C25H26N6O3. The number of hydrogen-bond acceptors (Lipinski definition) is 4. The van der Waals surface area contributed by atoms with Crippen molar-refractivity contribution >= 4 is 40.9 Å². The van der Waals surface area contributed by atoms with Gasteiger partial charge in [-0.15, -0.1) is 0 Å². The molecule has 0 saturated heterocycles. The number of rotatable bonds is 7. The maximum atomic E-state index is 12.6. The molecule has 9 nitrogen and oxygen atoms in total. The average Bonchev–Trinajstić information content (AvgIpc) is 3.36. The van der Waals surface area contributed by atoms with Gasteiger partial charge in [-0.3, -0.25) is 9.59 Å². The molecule has 0 atom stereocenters. The highest BCUT2D eigenvalue weighted by molar-refractivity contribution is 6.35. The number of anilines is 2. The summed E-state index contributed by atoms with van der Waals surface area (Å²) in [4.78, 5) is 41.1. The number of benzene rings is 2. The molecule has 0 saturated carbocycles. The average molecular weight is 459 g/mol. The largest absolute Gasteiger partial charge is 0.366 e. The van der Waals surface area contributed by atoms with Gasteiger partial charge in [0.05, 0.1) is 5.57 Å². The Balaban J connectivity index is 1.65. The maximum Gasteiger partial charge on any atom is 0.316 e. The Kier molecular flexibility index (Phi) is 6.20. The first-order valence-corrected chi connectivity index (χ1v) is 10.7. The van der Waals surface area contributed by atoms with E-state index in [1.54, 1.807) is 30.5 Å². The fraction of sp³-hybridized carbons (Fsp3) is 0.160. The molecule has 0 aliphatic carbocycles. The van der Waals surface area contributed by atoms with E-state index in [1.165, 1.54) is 0 Å². The minimum atomic E-state index is -0.685. The maximum absolute atomic E-state index is 12.6. The molecule has 1 aromatic heterocycles. The van der Waals surface area contributed by atoms with E-state index < -0.39 is 11.9 Å². The van der Waals surface area contributed by atoms with Crippen LogP contribution >= 0.6 is 0 Å². The number of carbonyl (C=O) groups is 3. The number of amides is 4. The number of nitrogens with two attached hydrogens (primary N) is 2. The van der Waals surface area contributed by atoms with Crippen molar-refractivity contribution in [1.82, 2.24) is 9.88 Å². The van der Waals surface area contributed by atoms with E-state index in [-0.39, 0.29) is 5.91 Å². The standard InChI is InChI=1S/C25H26N6O3/c1-31(2)8-7-14-3-5-18(20(9-14)23(26)32)15-10-17(28-13-15)12-21-19-11-16(29-25(27)34)4-6-22(19)30-24(21)33/h3-6,9-13,28H,7-8H2,1-2H3,(H2,26,32)(H,30,33)(H3,27,29,34). The van der Waals surface area contributed by atoms with Crippen molar-refractivity contribution in [2.45, 2.75) is 6.42 Å². The highest BCUT2D eigenvalue weighted by Crippen LogP contribution is 2.35. The Morgan fingerprint density at radius 3 is 2.56 bits per heavy atom. The minimum absolute atomic E-state index is 0.259. The fourth-order valence-corrected chi connectivity index (χ4v) is 3.91. The molecule has 2 heterocycles. The summed E-state index contributed by atoms with van der Waals surface area (Å²) < 4.78 is 0. The molecule has 0 unspecified atom stereocenters. The van der Waals surface area contributed by atoms with Crippen LogP contribution in [0.4, 0.5) is 16.2 Å². The molecule has 34 heavy (non-hydrogen) atoms. The van der Waals surface area contributed by atoms with Crippen LogP contribution in [-0.4, -0.2) is 48.4 Å². The van der Waals surface area contributed by atoms with Gasteiger partial charge < -0.3 is 32.0 Å². The number of hydrogen-bond donors (Lipinski definition) is 5. The number of H-pyrrole nitrogens is 1. The van der Waals surface area contributed by atoms with Crippen LogP contribution in [0.15, 0.2) is 48.7 Å². The number of urea groups is 1. The van der Waals surface area contributed by atoms with Crippen molar-refractivity contribution in [1.29, 1.82) is 0 Å². The molecule has 3 aromatic rings. The minimum Gasteiger partial charge on any atom is -0.366 e. The van der Waals surface area contributed by atoms with Gasteiger partial charge in [-0.05, 0) is 68.1 Å². The number of likely N-dealkylation sites (N-methyl/N-ethyl adjacent to an activating group) is 1. The van der Waals surface area contributed by atoms with E-state index in [0.29, 0.717) is 39.3 Å². The Bertz CT molecular complexity index is 1320. The molecule has 2 aromatic carbocycles. The van der Waals surface area contributed by atoms with E-state index in [1.807, 2.05) is 38.4 Å². The van der Waals surface area contributed by atoms with Crippen molar-refractivity contribution in [3.05, 3.63) is 71.0 Å². The summed E-state index contributed by atoms with van der Waals surface area (Å²) in [5.74, 6) is -0.758. The van der Waals surface area contributed by atoms with Gasteiger partial charge in [-0.1, -0.05) is 12.1 Å². The summed E-state index contributed by atoms with van der Waals surface area (Å²) in [6, 6.07) is 11.9. The summed E-state index contributed by atoms with van der Waals surface area (Å²) in [6.45, 7) is 0.861. The number of aromatic amines is 1. The van der Waals surface area contributed by atoms with Crippen LogP contribution in [0.25, 0.3) is 22.8 Å². The molecule has 0 fully saturated rings. The highest BCUT2D eigenvalue weighted by Gasteiger charge is 2.25. The molecule has 4 amide bonds. The van der Waals surface area contributed by atoms with Crippen molar-refractivity contribution in [2.75, 3.05) is 31.3 Å². The third-order valence-corrected chi connectivity index (χ3v) is 5.58. The zero-order valence-electron chi connectivity index (χ0n) is 18.9. The Morgan fingerprint density at radius 2 is 1.85 bits per heavy atom. The predicted octanol–water partition coefficient (Wildman–Crippen LogP) is 2.87. The van der Waals surface area contributed by atoms with Crippen LogP contribution in [-0.2, 0) is 11.2 Å². The van der Waals surface area contributed by atoms with Gasteiger partial charge in [0.15, 0.2) is 0 Å². The summed E-state index contributed by atoms with van der Waals surface area (Å²) in [5, 5.41) is 5.32. The van der Waals surface area contributed by atoms with Crippen molar-refractivity contribution in [3.63, 3.8) is 0 Å². The van der Waals surface area contributed by atoms with Gasteiger partial charge in [0.25, 0.3) is 5.91 Å².